The molecule has 10 heteroatoms. The highest BCUT2D eigenvalue weighted by atomic mass is 32.2. The Kier molecular flexibility index (Phi) is 8.91. The summed E-state index contributed by atoms with van der Waals surface area (Å²) in [6.45, 7) is 0.787. The van der Waals surface area contributed by atoms with Crippen molar-refractivity contribution in [1.82, 2.24) is 15.5 Å². The topological polar surface area (TPSA) is 97.1 Å². The summed E-state index contributed by atoms with van der Waals surface area (Å²) in [5.74, 6) is -0.668. The smallest absolute Gasteiger partial charge is 0.351 e. The molecule has 120 valence electrons. The molecular formula is C12H16N4O3S3. The molecule has 7 nitrogen and oxygen atoms in total. The summed E-state index contributed by atoms with van der Waals surface area (Å²) in [4.78, 5) is 11.9. The van der Waals surface area contributed by atoms with E-state index in [9.17, 15) is 10.1 Å². The van der Waals surface area contributed by atoms with Crippen LogP contribution in [0.4, 0.5) is 0 Å². The number of hydrogen-bond donors (Lipinski definition) is 1. The van der Waals surface area contributed by atoms with Gasteiger partial charge in [-0.3, -0.25) is 0 Å². The minimum Gasteiger partial charge on any atom is -0.459 e. The van der Waals surface area contributed by atoms with Gasteiger partial charge in [-0.15, -0.1) is 22.0 Å². The molecule has 0 aliphatic rings. The summed E-state index contributed by atoms with van der Waals surface area (Å²) in [6, 6.07) is 1.88. The summed E-state index contributed by atoms with van der Waals surface area (Å²) < 4.78 is 10.6. The Morgan fingerprint density at radius 2 is 2.18 bits per heavy atom. The number of carbonyl (C=O) groups is 1. The van der Waals surface area contributed by atoms with Gasteiger partial charge in [0.1, 0.15) is 17.7 Å². The van der Waals surface area contributed by atoms with E-state index < -0.39 is 5.97 Å². The SMILES string of the molecule is COCCOC(=O)/C(C#N)=C(/NCc1nnc(SC)s1)SC. The Labute approximate surface area is 141 Å². The van der Waals surface area contributed by atoms with Gasteiger partial charge in [-0.25, -0.2) is 4.79 Å². The van der Waals surface area contributed by atoms with Crippen molar-refractivity contribution < 1.29 is 14.3 Å². The molecule has 1 rings (SSSR count). The maximum Gasteiger partial charge on any atom is 0.351 e. The van der Waals surface area contributed by atoms with Crippen molar-refractivity contribution in [3.05, 3.63) is 15.6 Å². The van der Waals surface area contributed by atoms with E-state index in [1.165, 1.54) is 42.0 Å². The number of rotatable bonds is 9. The zero-order valence-corrected chi connectivity index (χ0v) is 14.9. The quantitative estimate of drug-likeness (QED) is 0.232. The molecule has 22 heavy (non-hydrogen) atoms. The first-order valence-corrected chi connectivity index (χ1v) is 9.37. The van der Waals surface area contributed by atoms with Crippen molar-refractivity contribution in [3.8, 4) is 6.07 Å². The van der Waals surface area contributed by atoms with Gasteiger partial charge in [0.15, 0.2) is 9.91 Å². The van der Waals surface area contributed by atoms with E-state index in [1.807, 2.05) is 12.3 Å². The third-order valence-electron chi connectivity index (χ3n) is 2.29. The summed E-state index contributed by atoms with van der Waals surface area (Å²) in [7, 11) is 1.51. The van der Waals surface area contributed by atoms with E-state index in [0.717, 1.165) is 9.35 Å². The lowest BCUT2D eigenvalue weighted by Gasteiger charge is -2.09. The van der Waals surface area contributed by atoms with Gasteiger partial charge in [0.25, 0.3) is 0 Å². The molecule has 0 radical (unpaired) electrons. The van der Waals surface area contributed by atoms with Crippen molar-refractivity contribution in [3.63, 3.8) is 0 Å². The zero-order chi connectivity index (χ0) is 16.4. The monoisotopic (exact) mass is 360 g/mol. The van der Waals surface area contributed by atoms with E-state index in [1.54, 1.807) is 6.26 Å². The standard InChI is InChI=1S/C12H16N4O3S3/c1-18-4-5-19-11(17)8(6-13)10(20-2)14-7-9-15-16-12(21-3)22-9/h14H,4-5,7H2,1-3H3/b10-8-. The Hall–Kier alpha value is -1.28. The van der Waals surface area contributed by atoms with E-state index in [4.69, 9.17) is 9.47 Å². The molecule has 0 fully saturated rings. The predicted molar refractivity (Wildman–Crippen MR) is 87.5 cm³/mol. The third kappa shape index (κ3) is 5.84. The molecule has 0 aromatic carbocycles. The number of hydrogen-bond acceptors (Lipinski definition) is 10. The molecular weight excluding hydrogens is 344 g/mol. The van der Waals surface area contributed by atoms with Gasteiger partial charge in [0.05, 0.1) is 18.2 Å². The lowest BCUT2D eigenvalue weighted by Crippen LogP contribution is -2.18. The average molecular weight is 360 g/mol. The lowest BCUT2D eigenvalue weighted by atomic mass is 10.3. The van der Waals surface area contributed by atoms with Gasteiger partial charge in [0.2, 0.25) is 0 Å². The second-order valence-electron chi connectivity index (χ2n) is 3.67. The fraction of sp³-hybridized carbons (Fsp3) is 0.500. The minimum absolute atomic E-state index is 0.0572. The summed E-state index contributed by atoms with van der Waals surface area (Å²) in [5.41, 5.74) is -0.0572. The normalized spacial score (nSPS) is 11.5. The number of methoxy groups -OCH3 is 1. The fourth-order valence-corrected chi connectivity index (χ4v) is 3.09. The predicted octanol–water partition coefficient (Wildman–Crippen LogP) is 1.64. The highest BCUT2D eigenvalue weighted by Crippen LogP contribution is 2.21. The van der Waals surface area contributed by atoms with Crippen LogP contribution in [0.25, 0.3) is 0 Å². The van der Waals surface area contributed by atoms with Crippen molar-refractivity contribution >= 4 is 40.8 Å². The van der Waals surface area contributed by atoms with Gasteiger partial charge in [-0.2, -0.15) is 5.26 Å². The second-order valence-corrected chi connectivity index (χ2v) is 6.60. The molecule has 0 aliphatic carbocycles. The van der Waals surface area contributed by atoms with Gasteiger partial charge in [-0.05, 0) is 12.5 Å². The number of nitrogens with zero attached hydrogens (tertiary/aromatic N) is 3. The number of nitriles is 1. The maximum absolute atomic E-state index is 11.9. The Balaban J connectivity index is 2.71. The van der Waals surface area contributed by atoms with Crippen LogP contribution >= 0.6 is 34.9 Å². The van der Waals surface area contributed by atoms with E-state index in [-0.39, 0.29) is 18.8 Å². The lowest BCUT2D eigenvalue weighted by molar-refractivity contribution is -0.139. The van der Waals surface area contributed by atoms with E-state index in [2.05, 4.69) is 15.5 Å². The molecule has 0 atom stereocenters. The van der Waals surface area contributed by atoms with Gasteiger partial charge in [-0.1, -0.05) is 23.1 Å². The molecule has 1 aromatic heterocycles. The number of aromatic nitrogens is 2. The van der Waals surface area contributed by atoms with E-state index in [0.29, 0.717) is 11.6 Å². The fourth-order valence-electron chi connectivity index (χ4n) is 1.29. The number of thioether (sulfide) groups is 2. The number of nitrogens with one attached hydrogen (secondary N) is 1. The van der Waals surface area contributed by atoms with E-state index >= 15 is 0 Å². The Morgan fingerprint density at radius 1 is 1.41 bits per heavy atom. The van der Waals surface area contributed by atoms with Crippen molar-refractivity contribution in [1.29, 1.82) is 5.26 Å². The summed E-state index contributed by atoms with van der Waals surface area (Å²) in [6.07, 6.45) is 3.70. The van der Waals surface area contributed by atoms with Crippen LogP contribution in [0.5, 0.6) is 0 Å². The molecule has 1 N–H and O–H groups in total. The third-order valence-corrected chi connectivity index (χ3v) is 4.95. The first kappa shape index (κ1) is 18.8. The van der Waals surface area contributed by atoms with Crippen LogP contribution in [-0.2, 0) is 20.8 Å². The average Bonchev–Trinajstić information content (AvgIpc) is 2.99. The zero-order valence-electron chi connectivity index (χ0n) is 12.4. The molecule has 0 spiro atoms. The minimum atomic E-state index is -0.668. The molecule has 0 amide bonds. The van der Waals surface area contributed by atoms with Gasteiger partial charge >= 0.3 is 5.97 Å². The van der Waals surface area contributed by atoms with Crippen molar-refractivity contribution in [2.45, 2.75) is 10.9 Å². The van der Waals surface area contributed by atoms with Crippen LogP contribution in [0, 0.1) is 11.3 Å². The molecule has 1 aromatic rings. The largest absolute Gasteiger partial charge is 0.459 e. The molecule has 0 bridgehead atoms. The molecule has 0 saturated carbocycles. The van der Waals surface area contributed by atoms with Crippen LogP contribution < -0.4 is 5.32 Å². The molecule has 0 aliphatic heterocycles. The van der Waals surface area contributed by atoms with Gasteiger partial charge in [0, 0.05) is 7.11 Å². The summed E-state index contributed by atoms with van der Waals surface area (Å²) >= 11 is 4.25. The molecule has 1 heterocycles. The van der Waals surface area contributed by atoms with Gasteiger partial charge < -0.3 is 14.8 Å². The molecule has 0 unspecified atom stereocenters. The first-order valence-electron chi connectivity index (χ1n) is 6.10. The number of carbonyl (C=O) groups excluding carboxylic acids is 1. The number of ether oxygens (including phenoxy) is 2. The van der Waals surface area contributed by atoms with Crippen molar-refractivity contribution in [2.75, 3.05) is 32.8 Å². The highest BCUT2D eigenvalue weighted by molar-refractivity contribution is 8.02. The maximum atomic E-state index is 11.9. The van der Waals surface area contributed by atoms with Crippen LogP contribution in [-0.4, -0.2) is 49.0 Å². The van der Waals surface area contributed by atoms with Crippen molar-refractivity contribution in [2.24, 2.45) is 0 Å². The Bertz CT molecular complexity index is 568. The highest BCUT2D eigenvalue weighted by Gasteiger charge is 2.17. The van der Waals surface area contributed by atoms with Crippen LogP contribution in [0.2, 0.25) is 0 Å². The number of esters is 1. The van der Waals surface area contributed by atoms with Crippen LogP contribution in [0.3, 0.4) is 0 Å². The molecule has 0 saturated heterocycles. The summed E-state index contributed by atoms with van der Waals surface area (Å²) in [5, 5.41) is 21.4. The second kappa shape index (κ2) is 10.4. The first-order chi connectivity index (χ1) is 10.7. The Morgan fingerprint density at radius 3 is 2.73 bits per heavy atom. The van der Waals surface area contributed by atoms with Crippen LogP contribution in [0.15, 0.2) is 14.9 Å². The van der Waals surface area contributed by atoms with Crippen LogP contribution in [0.1, 0.15) is 5.01 Å².